The van der Waals surface area contributed by atoms with Crippen molar-refractivity contribution >= 4 is 5.91 Å². The van der Waals surface area contributed by atoms with Gasteiger partial charge in [0.25, 0.3) is 0 Å². The molecule has 1 unspecified atom stereocenters. The van der Waals surface area contributed by atoms with Gasteiger partial charge in [-0.15, -0.1) is 0 Å². The van der Waals surface area contributed by atoms with E-state index in [4.69, 9.17) is 5.73 Å². The minimum absolute atomic E-state index is 0.151. The van der Waals surface area contributed by atoms with Gasteiger partial charge in [-0.1, -0.05) is 6.92 Å². The van der Waals surface area contributed by atoms with Gasteiger partial charge in [0.05, 0.1) is 6.54 Å². The van der Waals surface area contributed by atoms with Gasteiger partial charge in [0.1, 0.15) is 0 Å². The first kappa shape index (κ1) is 11.5. The van der Waals surface area contributed by atoms with E-state index in [1.807, 2.05) is 0 Å². The Labute approximate surface area is 85.8 Å². The molecule has 0 aromatic rings. The van der Waals surface area contributed by atoms with E-state index in [0.29, 0.717) is 19.1 Å². The smallest absolute Gasteiger partial charge is 0.234 e. The van der Waals surface area contributed by atoms with Crippen molar-refractivity contribution in [2.75, 3.05) is 26.2 Å². The van der Waals surface area contributed by atoms with Crippen LogP contribution in [0.1, 0.15) is 26.2 Å². The zero-order valence-corrected chi connectivity index (χ0v) is 8.96. The molecule has 0 spiro atoms. The van der Waals surface area contributed by atoms with Crippen molar-refractivity contribution in [3.63, 3.8) is 0 Å². The van der Waals surface area contributed by atoms with Crippen molar-refractivity contribution in [2.45, 2.75) is 32.2 Å². The molecule has 1 saturated heterocycles. The van der Waals surface area contributed by atoms with Crippen LogP contribution in [0.2, 0.25) is 0 Å². The summed E-state index contributed by atoms with van der Waals surface area (Å²) in [5, 5.41) is 2.88. The second-order valence-corrected chi connectivity index (χ2v) is 3.81. The number of rotatable bonds is 4. The van der Waals surface area contributed by atoms with Crippen LogP contribution < -0.4 is 11.1 Å². The highest BCUT2D eigenvalue weighted by Gasteiger charge is 2.20. The van der Waals surface area contributed by atoms with Crippen LogP contribution >= 0.6 is 0 Å². The zero-order valence-electron chi connectivity index (χ0n) is 8.96. The Kier molecular flexibility index (Phi) is 4.90. The first-order chi connectivity index (χ1) is 6.77. The van der Waals surface area contributed by atoms with E-state index in [9.17, 15) is 4.79 Å². The molecule has 0 aliphatic carbocycles. The molecule has 0 bridgehead atoms. The zero-order chi connectivity index (χ0) is 10.4. The molecule has 1 aliphatic rings. The van der Waals surface area contributed by atoms with Gasteiger partial charge in [0.2, 0.25) is 5.91 Å². The summed E-state index contributed by atoms with van der Waals surface area (Å²) in [5.41, 5.74) is 5.56. The molecular formula is C10H21N3O. The number of carbonyl (C=O) groups is 1. The second-order valence-electron chi connectivity index (χ2n) is 3.81. The van der Waals surface area contributed by atoms with Gasteiger partial charge in [0, 0.05) is 19.1 Å². The standard InChI is InChI=1S/C10H21N3O/c1-2-9(4-5-11)13-7-3-6-12-10(14)8-13/h9H,2-8,11H2,1H3,(H,12,14). The van der Waals surface area contributed by atoms with Crippen LogP contribution in [0, 0.1) is 0 Å². The largest absolute Gasteiger partial charge is 0.355 e. The molecule has 1 heterocycles. The summed E-state index contributed by atoms with van der Waals surface area (Å²) < 4.78 is 0. The normalized spacial score (nSPS) is 21.4. The van der Waals surface area contributed by atoms with Crippen LogP contribution in [-0.2, 0) is 4.79 Å². The fraction of sp³-hybridized carbons (Fsp3) is 0.900. The molecule has 4 nitrogen and oxygen atoms in total. The predicted molar refractivity (Wildman–Crippen MR) is 57.0 cm³/mol. The second kappa shape index (κ2) is 5.98. The Balaban J connectivity index is 2.49. The summed E-state index contributed by atoms with van der Waals surface area (Å²) in [6, 6.07) is 0.476. The van der Waals surface area contributed by atoms with Crippen molar-refractivity contribution in [1.29, 1.82) is 0 Å². The molecule has 0 aromatic heterocycles. The number of nitrogens with two attached hydrogens (primary N) is 1. The van der Waals surface area contributed by atoms with Gasteiger partial charge in [-0.2, -0.15) is 0 Å². The SMILES string of the molecule is CCC(CCN)N1CCCNC(=O)C1. The van der Waals surface area contributed by atoms with E-state index in [-0.39, 0.29) is 5.91 Å². The highest BCUT2D eigenvalue weighted by molar-refractivity contribution is 5.78. The predicted octanol–water partition coefficient (Wildman–Crippen LogP) is -0.0643. The third-order valence-corrected chi connectivity index (χ3v) is 2.78. The quantitative estimate of drug-likeness (QED) is 0.666. The minimum atomic E-state index is 0.151. The molecule has 0 radical (unpaired) electrons. The molecule has 0 aromatic carbocycles. The number of carbonyl (C=O) groups excluding carboxylic acids is 1. The lowest BCUT2D eigenvalue weighted by molar-refractivity contribution is -0.122. The van der Waals surface area contributed by atoms with Crippen LogP contribution in [0.15, 0.2) is 0 Å². The van der Waals surface area contributed by atoms with Gasteiger partial charge in [-0.3, -0.25) is 9.69 Å². The molecule has 0 saturated carbocycles. The van der Waals surface area contributed by atoms with E-state index in [2.05, 4.69) is 17.1 Å². The van der Waals surface area contributed by atoms with Crippen molar-refractivity contribution in [3.8, 4) is 0 Å². The van der Waals surface area contributed by atoms with E-state index in [1.54, 1.807) is 0 Å². The lowest BCUT2D eigenvalue weighted by Crippen LogP contribution is -2.40. The van der Waals surface area contributed by atoms with Gasteiger partial charge < -0.3 is 11.1 Å². The van der Waals surface area contributed by atoms with Crippen LogP contribution in [0.25, 0.3) is 0 Å². The summed E-state index contributed by atoms with van der Waals surface area (Å²) in [7, 11) is 0. The minimum Gasteiger partial charge on any atom is -0.355 e. The maximum absolute atomic E-state index is 11.3. The van der Waals surface area contributed by atoms with Crippen molar-refractivity contribution in [3.05, 3.63) is 0 Å². The van der Waals surface area contributed by atoms with E-state index in [0.717, 1.165) is 32.4 Å². The first-order valence-electron chi connectivity index (χ1n) is 5.48. The van der Waals surface area contributed by atoms with Crippen molar-refractivity contribution in [2.24, 2.45) is 5.73 Å². The maximum Gasteiger partial charge on any atom is 0.234 e. The summed E-state index contributed by atoms with van der Waals surface area (Å²) >= 11 is 0. The van der Waals surface area contributed by atoms with Crippen molar-refractivity contribution in [1.82, 2.24) is 10.2 Å². The molecule has 1 atom stereocenters. The number of hydrogen-bond acceptors (Lipinski definition) is 3. The van der Waals surface area contributed by atoms with Crippen LogP contribution in [0.5, 0.6) is 0 Å². The van der Waals surface area contributed by atoms with Gasteiger partial charge in [0.15, 0.2) is 0 Å². The highest BCUT2D eigenvalue weighted by atomic mass is 16.2. The van der Waals surface area contributed by atoms with Crippen LogP contribution in [0.4, 0.5) is 0 Å². The van der Waals surface area contributed by atoms with Gasteiger partial charge in [-0.25, -0.2) is 0 Å². The summed E-state index contributed by atoms with van der Waals surface area (Å²) in [6.07, 6.45) is 3.11. The fourth-order valence-electron chi connectivity index (χ4n) is 1.98. The Bertz CT molecular complexity index is 184. The van der Waals surface area contributed by atoms with Crippen molar-refractivity contribution < 1.29 is 4.79 Å². The Morgan fingerprint density at radius 1 is 1.64 bits per heavy atom. The molecule has 1 fully saturated rings. The number of hydrogen-bond donors (Lipinski definition) is 2. The Hall–Kier alpha value is -0.610. The van der Waals surface area contributed by atoms with Crippen LogP contribution in [-0.4, -0.2) is 43.0 Å². The highest BCUT2D eigenvalue weighted by Crippen LogP contribution is 2.09. The van der Waals surface area contributed by atoms with E-state index < -0.39 is 0 Å². The molecule has 14 heavy (non-hydrogen) atoms. The third kappa shape index (κ3) is 3.27. The fourth-order valence-corrected chi connectivity index (χ4v) is 1.98. The molecule has 1 amide bonds. The number of nitrogens with zero attached hydrogens (tertiary/aromatic N) is 1. The molecule has 82 valence electrons. The van der Waals surface area contributed by atoms with E-state index in [1.165, 1.54) is 0 Å². The molecule has 4 heteroatoms. The Morgan fingerprint density at radius 3 is 3.07 bits per heavy atom. The summed E-state index contributed by atoms with van der Waals surface area (Å²) in [5.74, 6) is 0.151. The molecular weight excluding hydrogens is 178 g/mol. The lowest BCUT2D eigenvalue weighted by atomic mass is 10.1. The number of nitrogens with one attached hydrogen (secondary N) is 1. The Morgan fingerprint density at radius 2 is 2.43 bits per heavy atom. The monoisotopic (exact) mass is 199 g/mol. The molecule has 3 N–H and O–H groups in total. The molecule has 1 aliphatic heterocycles. The van der Waals surface area contributed by atoms with Gasteiger partial charge >= 0.3 is 0 Å². The average molecular weight is 199 g/mol. The topological polar surface area (TPSA) is 58.4 Å². The first-order valence-corrected chi connectivity index (χ1v) is 5.48. The van der Waals surface area contributed by atoms with Gasteiger partial charge in [-0.05, 0) is 25.8 Å². The number of amides is 1. The summed E-state index contributed by atoms with van der Waals surface area (Å²) in [6.45, 7) is 5.23. The summed E-state index contributed by atoms with van der Waals surface area (Å²) in [4.78, 5) is 13.6. The average Bonchev–Trinajstić information content (AvgIpc) is 2.39. The van der Waals surface area contributed by atoms with Crippen LogP contribution in [0.3, 0.4) is 0 Å². The molecule has 1 rings (SSSR count). The van der Waals surface area contributed by atoms with E-state index >= 15 is 0 Å². The maximum atomic E-state index is 11.3. The lowest BCUT2D eigenvalue weighted by Gasteiger charge is -2.28. The third-order valence-electron chi connectivity index (χ3n) is 2.78.